The first-order valence-electron chi connectivity index (χ1n) is 7.01. The Labute approximate surface area is 145 Å². The van der Waals surface area contributed by atoms with Gasteiger partial charge in [0.2, 0.25) is 0 Å². The lowest BCUT2D eigenvalue weighted by atomic mass is 10.2. The van der Waals surface area contributed by atoms with Crippen LogP contribution in [0.3, 0.4) is 0 Å². The van der Waals surface area contributed by atoms with E-state index in [1.807, 2.05) is 0 Å². The Morgan fingerprint density at radius 3 is 2.40 bits per heavy atom. The van der Waals surface area contributed by atoms with Gasteiger partial charge < -0.3 is 5.32 Å². The summed E-state index contributed by atoms with van der Waals surface area (Å²) >= 11 is 5.89. The summed E-state index contributed by atoms with van der Waals surface area (Å²) in [4.78, 5) is 28.8. The average molecular weight is 360 g/mol. The summed E-state index contributed by atoms with van der Waals surface area (Å²) in [7, 11) is 0. The number of benzene rings is 2. The second-order valence-electron chi connectivity index (χ2n) is 5.08. The van der Waals surface area contributed by atoms with Gasteiger partial charge in [0.25, 0.3) is 11.4 Å². The van der Waals surface area contributed by atoms with E-state index in [1.165, 1.54) is 30.6 Å². The van der Waals surface area contributed by atoms with E-state index < -0.39 is 9.85 Å². The average Bonchev–Trinajstić information content (AvgIpc) is 2.59. The molecule has 3 aromatic rings. The van der Waals surface area contributed by atoms with Gasteiger partial charge in [0.1, 0.15) is 17.2 Å². The van der Waals surface area contributed by atoms with E-state index in [0.717, 1.165) is 5.56 Å². The summed E-state index contributed by atoms with van der Waals surface area (Å²) < 4.78 is 0. The fourth-order valence-corrected chi connectivity index (χ4v) is 2.50. The number of nitrogens with one attached hydrogen (secondary N) is 1. The summed E-state index contributed by atoms with van der Waals surface area (Å²) in [5, 5.41) is 25.2. The molecule has 0 radical (unpaired) electrons. The van der Waals surface area contributed by atoms with E-state index in [0.29, 0.717) is 23.3 Å². The fraction of sp³-hybridized carbons (Fsp3) is 0.0667. The highest BCUT2D eigenvalue weighted by Gasteiger charge is 2.16. The molecule has 126 valence electrons. The van der Waals surface area contributed by atoms with Crippen molar-refractivity contribution in [2.24, 2.45) is 0 Å². The van der Waals surface area contributed by atoms with E-state index >= 15 is 0 Å². The van der Waals surface area contributed by atoms with Crippen molar-refractivity contribution >= 4 is 39.7 Å². The number of non-ortho nitro benzene ring substituents is 1. The first-order valence-corrected chi connectivity index (χ1v) is 7.39. The van der Waals surface area contributed by atoms with E-state index in [2.05, 4.69) is 15.3 Å². The summed E-state index contributed by atoms with van der Waals surface area (Å²) in [6.45, 7) is 0.334. The Kier molecular flexibility index (Phi) is 4.40. The third kappa shape index (κ3) is 3.45. The van der Waals surface area contributed by atoms with Crippen molar-refractivity contribution in [2.75, 3.05) is 5.32 Å². The lowest BCUT2D eigenvalue weighted by Gasteiger charge is -2.09. The van der Waals surface area contributed by atoms with Gasteiger partial charge in [-0.05, 0) is 11.6 Å². The second-order valence-corrected chi connectivity index (χ2v) is 5.48. The predicted molar refractivity (Wildman–Crippen MR) is 91.6 cm³/mol. The van der Waals surface area contributed by atoms with Gasteiger partial charge in [-0.3, -0.25) is 20.2 Å². The van der Waals surface area contributed by atoms with Gasteiger partial charge in [0.05, 0.1) is 15.4 Å². The minimum absolute atomic E-state index is 0.00139. The molecule has 0 amide bonds. The van der Waals surface area contributed by atoms with Crippen LogP contribution in [-0.2, 0) is 6.54 Å². The smallest absolute Gasteiger partial charge is 0.288 e. The maximum Gasteiger partial charge on any atom is 0.288 e. The van der Waals surface area contributed by atoms with E-state index in [4.69, 9.17) is 11.6 Å². The molecule has 1 N–H and O–H groups in total. The second kappa shape index (κ2) is 6.65. The number of nitrogens with zero attached hydrogens (tertiary/aromatic N) is 4. The molecule has 9 nitrogen and oxygen atoms in total. The van der Waals surface area contributed by atoms with Gasteiger partial charge in [-0.25, -0.2) is 9.97 Å². The lowest BCUT2D eigenvalue weighted by molar-refractivity contribution is -0.384. The van der Waals surface area contributed by atoms with Gasteiger partial charge in [0, 0.05) is 30.1 Å². The van der Waals surface area contributed by atoms with Crippen molar-refractivity contribution in [1.82, 2.24) is 9.97 Å². The lowest BCUT2D eigenvalue weighted by Crippen LogP contribution is -2.03. The zero-order chi connectivity index (χ0) is 18.0. The van der Waals surface area contributed by atoms with Crippen LogP contribution in [0.4, 0.5) is 17.2 Å². The summed E-state index contributed by atoms with van der Waals surface area (Å²) in [5.41, 5.74) is 1.03. The van der Waals surface area contributed by atoms with Crippen LogP contribution < -0.4 is 5.32 Å². The Morgan fingerprint density at radius 1 is 1.04 bits per heavy atom. The van der Waals surface area contributed by atoms with E-state index in [9.17, 15) is 20.2 Å². The molecule has 0 saturated carbocycles. The third-order valence-corrected chi connectivity index (χ3v) is 3.81. The Morgan fingerprint density at radius 2 is 1.76 bits per heavy atom. The molecule has 0 unspecified atom stereocenters. The number of hydrogen-bond donors (Lipinski definition) is 1. The molecule has 1 heterocycles. The van der Waals surface area contributed by atoms with Gasteiger partial charge in [-0.1, -0.05) is 23.7 Å². The highest BCUT2D eigenvalue weighted by molar-refractivity contribution is 6.33. The van der Waals surface area contributed by atoms with Crippen molar-refractivity contribution in [3.05, 3.63) is 73.5 Å². The van der Waals surface area contributed by atoms with Crippen LogP contribution in [0, 0.1) is 20.2 Å². The number of anilines is 1. The molecule has 0 saturated heterocycles. The topological polar surface area (TPSA) is 124 Å². The van der Waals surface area contributed by atoms with Crippen LogP contribution in [0.15, 0.2) is 42.7 Å². The van der Waals surface area contributed by atoms with Gasteiger partial charge in [-0.2, -0.15) is 0 Å². The number of aromatic nitrogens is 2. The Hall–Kier alpha value is -3.33. The maximum absolute atomic E-state index is 11.0. The van der Waals surface area contributed by atoms with Crippen LogP contribution in [0.25, 0.3) is 10.9 Å². The van der Waals surface area contributed by atoms with Crippen LogP contribution in [-0.4, -0.2) is 19.8 Å². The number of nitro benzene ring substituents is 2. The Bertz CT molecular complexity index is 978. The minimum atomic E-state index is -0.575. The predicted octanol–water partition coefficient (Wildman–Crippen LogP) is 3.71. The number of fused-ring (bicyclic) bond motifs is 1. The van der Waals surface area contributed by atoms with E-state index in [1.54, 1.807) is 12.1 Å². The number of hydrogen-bond acceptors (Lipinski definition) is 7. The standard InChI is InChI=1S/C15H10ClN5O4/c16-12-6-13-11(5-14(12)21(24)25)15(19-8-18-13)17-7-9-1-3-10(4-2-9)20(22)23/h1-6,8H,7H2,(H,17,18,19). The molecule has 2 aromatic carbocycles. The molecule has 0 bridgehead atoms. The zero-order valence-electron chi connectivity index (χ0n) is 12.5. The molecule has 0 atom stereocenters. The molecule has 0 aliphatic heterocycles. The zero-order valence-corrected chi connectivity index (χ0v) is 13.3. The Balaban J connectivity index is 1.89. The largest absolute Gasteiger partial charge is 0.365 e. The summed E-state index contributed by atoms with van der Waals surface area (Å²) in [5.74, 6) is 0.406. The van der Waals surface area contributed by atoms with Crippen molar-refractivity contribution in [3.8, 4) is 0 Å². The van der Waals surface area contributed by atoms with E-state index in [-0.39, 0.29) is 16.4 Å². The fourth-order valence-electron chi connectivity index (χ4n) is 2.27. The highest BCUT2D eigenvalue weighted by atomic mass is 35.5. The molecule has 10 heteroatoms. The van der Waals surface area contributed by atoms with Gasteiger partial charge in [-0.15, -0.1) is 0 Å². The number of nitro groups is 2. The SMILES string of the molecule is O=[N+]([O-])c1ccc(CNc2ncnc3cc(Cl)c([N+](=O)[O-])cc23)cc1. The van der Waals surface area contributed by atoms with Gasteiger partial charge >= 0.3 is 0 Å². The van der Waals surface area contributed by atoms with Crippen LogP contribution >= 0.6 is 11.6 Å². The quantitative estimate of drug-likeness (QED) is 0.543. The van der Waals surface area contributed by atoms with Gasteiger partial charge in [0.15, 0.2) is 0 Å². The number of halogens is 1. The first kappa shape index (κ1) is 16.5. The third-order valence-electron chi connectivity index (χ3n) is 3.51. The highest BCUT2D eigenvalue weighted by Crippen LogP contribution is 2.31. The molecule has 0 aliphatic carbocycles. The molecule has 3 rings (SSSR count). The molecule has 0 fully saturated rings. The maximum atomic E-state index is 11.0. The van der Waals surface area contributed by atoms with Crippen LogP contribution in [0.2, 0.25) is 5.02 Å². The molecule has 0 spiro atoms. The molecule has 0 aliphatic rings. The van der Waals surface area contributed by atoms with Crippen molar-refractivity contribution in [3.63, 3.8) is 0 Å². The van der Waals surface area contributed by atoms with Crippen molar-refractivity contribution < 1.29 is 9.85 Å². The first-order chi connectivity index (χ1) is 12.0. The molecule has 1 aromatic heterocycles. The minimum Gasteiger partial charge on any atom is -0.365 e. The molecular weight excluding hydrogens is 350 g/mol. The number of rotatable bonds is 5. The monoisotopic (exact) mass is 359 g/mol. The summed E-state index contributed by atoms with van der Waals surface area (Å²) in [6, 6.07) is 8.77. The normalized spacial score (nSPS) is 10.6. The summed E-state index contributed by atoms with van der Waals surface area (Å²) in [6.07, 6.45) is 1.32. The van der Waals surface area contributed by atoms with Crippen molar-refractivity contribution in [2.45, 2.75) is 6.54 Å². The van der Waals surface area contributed by atoms with Crippen LogP contribution in [0.1, 0.15) is 5.56 Å². The molecular formula is C15H10ClN5O4. The van der Waals surface area contributed by atoms with Crippen molar-refractivity contribution in [1.29, 1.82) is 0 Å². The van der Waals surface area contributed by atoms with Crippen LogP contribution in [0.5, 0.6) is 0 Å². The molecule has 25 heavy (non-hydrogen) atoms.